The lowest BCUT2D eigenvalue weighted by Gasteiger charge is -2.19. The second-order valence-electron chi connectivity index (χ2n) is 7.80. The Morgan fingerprint density at radius 3 is 2.04 bits per heavy atom. The third-order valence-electron chi connectivity index (χ3n) is 4.33. The zero-order valence-electron chi connectivity index (χ0n) is 15.6. The Balaban J connectivity index is 1.82. The van der Waals surface area contributed by atoms with E-state index in [1.807, 2.05) is 0 Å². The summed E-state index contributed by atoms with van der Waals surface area (Å²) in [6.45, 7) is 6.16. The number of hydrogen-bond acceptors (Lipinski definition) is 4. The molecule has 146 valence electrons. The maximum Gasteiger partial charge on any atom is 0.261 e. The molecule has 0 aliphatic heterocycles. The number of rotatable bonds is 6. The van der Waals surface area contributed by atoms with Gasteiger partial charge in [0.2, 0.25) is 10.0 Å². The van der Waals surface area contributed by atoms with Crippen molar-refractivity contribution in [3.8, 4) is 0 Å². The summed E-state index contributed by atoms with van der Waals surface area (Å²) in [5.74, 6) is 0. The van der Waals surface area contributed by atoms with Crippen LogP contribution in [0.25, 0.3) is 0 Å². The van der Waals surface area contributed by atoms with Gasteiger partial charge in [0.25, 0.3) is 10.0 Å². The van der Waals surface area contributed by atoms with Crippen LogP contribution in [0.5, 0.6) is 0 Å². The van der Waals surface area contributed by atoms with Gasteiger partial charge in [-0.3, -0.25) is 4.72 Å². The van der Waals surface area contributed by atoms with Gasteiger partial charge in [-0.1, -0.05) is 39.0 Å². The largest absolute Gasteiger partial charge is 0.280 e. The van der Waals surface area contributed by atoms with Gasteiger partial charge in [-0.05, 0) is 54.2 Å². The summed E-state index contributed by atoms with van der Waals surface area (Å²) < 4.78 is 54.9. The van der Waals surface area contributed by atoms with E-state index >= 15 is 0 Å². The highest BCUT2D eigenvalue weighted by atomic mass is 32.2. The SMILES string of the molecule is CC(C)(C)c1ccc(S(=O)(=O)Nc2cccc(S(=O)(=O)NC3CC3)c2)cc1. The second kappa shape index (κ2) is 6.92. The predicted octanol–water partition coefficient (Wildman–Crippen LogP) is 3.23. The fourth-order valence-electron chi connectivity index (χ4n) is 2.56. The minimum absolute atomic E-state index is 0.0170. The number of hydrogen-bond donors (Lipinski definition) is 2. The van der Waals surface area contributed by atoms with Gasteiger partial charge >= 0.3 is 0 Å². The van der Waals surface area contributed by atoms with E-state index in [1.54, 1.807) is 24.3 Å². The number of nitrogens with one attached hydrogen (secondary N) is 2. The van der Waals surface area contributed by atoms with Crippen LogP contribution in [-0.4, -0.2) is 22.9 Å². The summed E-state index contributed by atoms with van der Waals surface area (Å²) in [6, 6.07) is 12.5. The average Bonchev–Trinajstić information content (AvgIpc) is 3.37. The van der Waals surface area contributed by atoms with E-state index in [1.165, 1.54) is 24.3 Å². The molecule has 8 heteroatoms. The average molecular weight is 409 g/mol. The van der Waals surface area contributed by atoms with Crippen molar-refractivity contribution in [3.63, 3.8) is 0 Å². The molecule has 2 aromatic rings. The fraction of sp³-hybridized carbons (Fsp3) is 0.368. The van der Waals surface area contributed by atoms with Crippen LogP contribution in [0, 0.1) is 0 Å². The molecule has 0 saturated heterocycles. The quantitative estimate of drug-likeness (QED) is 0.768. The van der Waals surface area contributed by atoms with Crippen LogP contribution < -0.4 is 9.44 Å². The van der Waals surface area contributed by atoms with Gasteiger partial charge in [0.05, 0.1) is 15.5 Å². The van der Waals surface area contributed by atoms with E-state index in [4.69, 9.17) is 0 Å². The molecule has 0 atom stereocenters. The van der Waals surface area contributed by atoms with Crippen LogP contribution in [-0.2, 0) is 25.5 Å². The summed E-state index contributed by atoms with van der Waals surface area (Å²) in [6.07, 6.45) is 1.66. The van der Waals surface area contributed by atoms with Gasteiger partial charge in [-0.25, -0.2) is 21.6 Å². The van der Waals surface area contributed by atoms with Crippen LogP contribution in [0.4, 0.5) is 5.69 Å². The number of anilines is 1. The Bertz CT molecular complexity index is 1030. The highest BCUT2D eigenvalue weighted by Crippen LogP contribution is 2.26. The van der Waals surface area contributed by atoms with Crippen LogP contribution >= 0.6 is 0 Å². The molecule has 0 unspecified atom stereocenters. The molecule has 2 aromatic carbocycles. The van der Waals surface area contributed by atoms with Crippen molar-refractivity contribution in [3.05, 3.63) is 54.1 Å². The van der Waals surface area contributed by atoms with Crippen LogP contribution in [0.2, 0.25) is 0 Å². The first kappa shape index (κ1) is 19.9. The maximum absolute atomic E-state index is 12.6. The maximum atomic E-state index is 12.6. The molecule has 0 radical (unpaired) electrons. The van der Waals surface area contributed by atoms with Gasteiger partial charge in [0.1, 0.15) is 0 Å². The molecule has 0 spiro atoms. The molecular formula is C19H24N2O4S2. The van der Waals surface area contributed by atoms with Gasteiger partial charge in [-0.2, -0.15) is 0 Å². The predicted molar refractivity (Wildman–Crippen MR) is 106 cm³/mol. The lowest BCUT2D eigenvalue weighted by molar-refractivity contribution is 0.581. The van der Waals surface area contributed by atoms with Crippen LogP contribution in [0.15, 0.2) is 58.3 Å². The first-order chi connectivity index (χ1) is 12.5. The monoisotopic (exact) mass is 408 g/mol. The molecule has 0 bridgehead atoms. The van der Waals surface area contributed by atoms with Crippen LogP contribution in [0.1, 0.15) is 39.2 Å². The van der Waals surface area contributed by atoms with Crippen molar-refractivity contribution in [2.24, 2.45) is 0 Å². The molecule has 0 aromatic heterocycles. The van der Waals surface area contributed by atoms with E-state index in [0.717, 1.165) is 18.4 Å². The Morgan fingerprint density at radius 2 is 1.48 bits per heavy atom. The first-order valence-corrected chi connectivity index (χ1v) is 11.7. The minimum atomic E-state index is -3.81. The Kier molecular flexibility index (Phi) is 5.09. The van der Waals surface area contributed by atoms with Crippen molar-refractivity contribution in [1.82, 2.24) is 4.72 Å². The molecule has 6 nitrogen and oxygen atoms in total. The number of benzene rings is 2. The highest BCUT2D eigenvalue weighted by Gasteiger charge is 2.28. The van der Waals surface area contributed by atoms with Crippen molar-refractivity contribution < 1.29 is 16.8 Å². The zero-order chi connectivity index (χ0) is 19.9. The lowest BCUT2D eigenvalue weighted by Crippen LogP contribution is -2.25. The van der Waals surface area contributed by atoms with Crippen molar-refractivity contribution >= 4 is 25.7 Å². The first-order valence-electron chi connectivity index (χ1n) is 8.73. The van der Waals surface area contributed by atoms with E-state index in [0.29, 0.717) is 0 Å². The van der Waals surface area contributed by atoms with E-state index in [2.05, 4.69) is 30.2 Å². The standard InChI is InChI=1S/C19H24N2O4S2/c1-19(2,3)14-7-11-17(12-8-14)26(22,23)21-16-5-4-6-18(13-16)27(24,25)20-15-9-10-15/h4-8,11-13,15,20-21H,9-10H2,1-3H3. The third kappa shape index (κ3) is 4.88. The summed E-state index contributed by atoms with van der Waals surface area (Å²) in [5.41, 5.74) is 1.15. The van der Waals surface area contributed by atoms with Gasteiger partial charge in [-0.15, -0.1) is 0 Å². The van der Waals surface area contributed by atoms with E-state index < -0.39 is 20.0 Å². The fourth-order valence-corrected chi connectivity index (χ4v) is 4.96. The van der Waals surface area contributed by atoms with Gasteiger partial charge in [0.15, 0.2) is 0 Å². The molecule has 0 heterocycles. The van der Waals surface area contributed by atoms with E-state index in [9.17, 15) is 16.8 Å². The summed E-state index contributed by atoms with van der Waals surface area (Å²) in [7, 11) is -7.46. The molecule has 2 N–H and O–H groups in total. The second-order valence-corrected chi connectivity index (χ2v) is 11.2. The normalized spacial score (nSPS) is 15.5. The van der Waals surface area contributed by atoms with Crippen molar-refractivity contribution in [2.75, 3.05) is 4.72 Å². The van der Waals surface area contributed by atoms with Gasteiger partial charge in [0, 0.05) is 6.04 Å². The minimum Gasteiger partial charge on any atom is -0.280 e. The molecule has 1 aliphatic rings. The molecular weight excluding hydrogens is 384 g/mol. The van der Waals surface area contributed by atoms with E-state index in [-0.39, 0.29) is 26.9 Å². The smallest absolute Gasteiger partial charge is 0.261 e. The number of sulfonamides is 2. The van der Waals surface area contributed by atoms with Crippen molar-refractivity contribution in [2.45, 2.75) is 54.9 Å². The zero-order valence-corrected chi connectivity index (χ0v) is 17.2. The van der Waals surface area contributed by atoms with Crippen LogP contribution in [0.3, 0.4) is 0 Å². The highest BCUT2D eigenvalue weighted by molar-refractivity contribution is 7.92. The van der Waals surface area contributed by atoms with Crippen molar-refractivity contribution in [1.29, 1.82) is 0 Å². The Labute approximate surface area is 161 Å². The Hall–Kier alpha value is -1.90. The third-order valence-corrected chi connectivity index (χ3v) is 7.24. The molecule has 27 heavy (non-hydrogen) atoms. The topological polar surface area (TPSA) is 92.3 Å². The summed E-state index contributed by atoms with van der Waals surface area (Å²) in [4.78, 5) is 0.164. The molecule has 1 saturated carbocycles. The Morgan fingerprint density at radius 1 is 0.852 bits per heavy atom. The summed E-state index contributed by atoms with van der Waals surface area (Å²) in [5, 5.41) is 0. The molecule has 0 amide bonds. The molecule has 1 aliphatic carbocycles. The summed E-state index contributed by atoms with van der Waals surface area (Å²) >= 11 is 0. The van der Waals surface area contributed by atoms with Gasteiger partial charge < -0.3 is 0 Å². The molecule has 3 rings (SSSR count). The lowest BCUT2D eigenvalue weighted by atomic mass is 9.87. The molecule has 1 fully saturated rings.